The number of rotatable bonds is 2. The van der Waals surface area contributed by atoms with E-state index in [1.165, 1.54) is 22.3 Å². The molecule has 0 radical (unpaired) electrons. The fraction of sp³-hybridized carbons (Fsp3) is 0.0857. The molecule has 39 heavy (non-hydrogen) atoms. The first-order chi connectivity index (χ1) is 19.1. The summed E-state index contributed by atoms with van der Waals surface area (Å²) in [5.74, 6) is 3.54. The molecule has 0 unspecified atom stereocenters. The molecule has 0 bridgehead atoms. The number of fused-ring (bicyclic) bond motifs is 6. The minimum absolute atomic E-state index is 0.106. The van der Waals surface area contributed by atoms with Crippen LogP contribution in [-0.4, -0.2) is 9.97 Å². The molecule has 4 heteroatoms. The van der Waals surface area contributed by atoms with Crippen LogP contribution in [0.4, 0.5) is 0 Å². The van der Waals surface area contributed by atoms with Gasteiger partial charge in [-0.25, -0.2) is 9.97 Å². The molecule has 186 valence electrons. The van der Waals surface area contributed by atoms with Crippen LogP contribution in [0.25, 0.3) is 44.5 Å². The lowest BCUT2D eigenvalue weighted by molar-refractivity contribution is 0.360. The molecule has 1 aliphatic carbocycles. The van der Waals surface area contributed by atoms with Crippen LogP contribution in [0.5, 0.6) is 23.0 Å². The molecule has 1 aromatic heterocycles. The van der Waals surface area contributed by atoms with E-state index in [1.54, 1.807) is 0 Å². The average Bonchev–Trinajstić information content (AvgIpc) is 3.20. The molecule has 0 amide bonds. The van der Waals surface area contributed by atoms with Crippen LogP contribution in [0, 0.1) is 0 Å². The highest BCUT2D eigenvalue weighted by molar-refractivity contribution is 5.89. The number of ether oxygens (including phenoxy) is 2. The number of hydrogen-bond acceptors (Lipinski definition) is 4. The maximum atomic E-state index is 6.67. The Morgan fingerprint density at radius 1 is 0.564 bits per heavy atom. The van der Waals surface area contributed by atoms with Gasteiger partial charge in [0.15, 0.2) is 28.8 Å². The molecule has 0 saturated heterocycles. The summed E-state index contributed by atoms with van der Waals surface area (Å²) in [5, 5.41) is 1.02. The molecule has 0 fully saturated rings. The van der Waals surface area contributed by atoms with Gasteiger partial charge in [-0.05, 0) is 52.1 Å². The maximum absolute atomic E-state index is 6.67. The van der Waals surface area contributed by atoms with Gasteiger partial charge in [-0.2, -0.15) is 0 Å². The number of hydrogen-bond donors (Lipinski definition) is 0. The first kappa shape index (κ1) is 22.1. The lowest BCUT2D eigenvalue weighted by Crippen LogP contribution is -2.15. The summed E-state index contributed by atoms with van der Waals surface area (Å²) in [6.07, 6.45) is 1.88. The SMILES string of the molecule is CC1(C)c2ccccc2-c2cc3c(cc21)Oc1cccc(-c2ccccc2-c2ncc4ccccc4n2)c1O3. The maximum Gasteiger partial charge on any atom is 0.177 e. The highest BCUT2D eigenvalue weighted by atomic mass is 16.6. The van der Waals surface area contributed by atoms with Gasteiger partial charge in [0.05, 0.1) is 5.52 Å². The number of aromatic nitrogens is 2. The molecule has 0 saturated carbocycles. The van der Waals surface area contributed by atoms with Crippen LogP contribution in [0.1, 0.15) is 25.0 Å². The van der Waals surface area contributed by atoms with E-state index in [0.717, 1.165) is 39.1 Å². The first-order valence-corrected chi connectivity index (χ1v) is 13.2. The van der Waals surface area contributed by atoms with E-state index in [2.05, 4.69) is 68.4 Å². The Labute approximate surface area is 226 Å². The van der Waals surface area contributed by atoms with Gasteiger partial charge in [0.1, 0.15) is 0 Å². The van der Waals surface area contributed by atoms with Crippen LogP contribution >= 0.6 is 0 Å². The normalized spacial score (nSPS) is 14.0. The molecule has 8 rings (SSSR count). The van der Waals surface area contributed by atoms with Crippen molar-refractivity contribution < 1.29 is 9.47 Å². The van der Waals surface area contributed by atoms with Crippen molar-refractivity contribution in [2.75, 3.05) is 0 Å². The first-order valence-electron chi connectivity index (χ1n) is 13.2. The van der Waals surface area contributed by atoms with E-state index < -0.39 is 0 Å². The largest absolute Gasteiger partial charge is 0.449 e. The van der Waals surface area contributed by atoms with Crippen LogP contribution in [0.15, 0.2) is 109 Å². The van der Waals surface area contributed by atoms with Crippen molar-refractivity contribution in [3.05, 3.63) is 120 Å². The van der Waals surface area contributed by atoms with Crippen LogP contribution in [-0.2, 0) is 5.41 Å². The second kappa shape index (κ2) is 8.02. The van der Waals surface area contributed by atoms with E-state index in [4.69, 9.17) is 19.4 Å². The third-order valence-electron chi connectivity index (χ3n) is 8.01. The monoisotopic (exact) mass is 504 g/mol. The van der Waals surface area contributed by atoms with Gasteiger partial charge in [0, 0.05) is 28.1 Å². The van der Waals surface area contributed by atoms with Gasteiger partial charge >= 0.3 is 0 Å². The van der Waals surface area contributed by atoms with Crippen molar-refractivity contribution in [2.45, 2.75) is 19.3 Å². The zero-order chi connectivity index (χ0) is 26.1. The molecular weight excluding hydrogens is 480 g/mol. The van der Waals surface area contributed by atoms with Crippen molar-refractivity contribution in [1.29, 1.82) is 0 Å². The van der Waals surface area contributed by atoms with Gasteiger partial charge in [-0.15, -0.1) is 0 Å². The molecule has 6 aromatic rings. The van der Waals surface area contributed by atoms with E-state index in [1.807, 2.05) is 54.7 Å². The van der Waals surface area contributed by atoms with Crippen molar-refractivity contribution in [3.63, 3.8) is 0 Å². The Kier molecular flexibility index (Phi) is 4.54. The quantitative estimate of drug-likeness (QED) is 0.235. The van der Waals surface area contributed by atoms with Gasteiger partial charge in [-0.1, -0.05) is 92.7 Å². The van der Waals surface area contributed by atoms with Crippen LogP contribution in [0.2, 0.25) is 0 Å². The predicted molar refractivity (Wildman–Crippen MR) is 155 cm³/mol. The summed E-state index contributed by atoms with van der Waals surface area (Å²) in [6.45, 7) is 4.54. The van der Waals surface area contributed by atoms with Gasteiger partial charge in [0.2, 0.25) is 0 Å². The van der Waals surface area contributed by atoms with E-state index in [9.17, 15) is 0 Å². The van der Waals surface area contributed by atoms with Gasteiger partial charge in [0.25, 0.3) is 0 Å². The Bertz CT molecular complexity index is 1960. The molecule has 0 N–H and O–H groups in total. The summed E-state index contributed by atoms with van der Waals surface area (Å²) in [5.41, 5.74) is 8.70. The Hall–Kier alpha value is -4.96. The van der Waals surface area contributed by atoms with Crippen molar-refractivity contribution in [1.82, 2.24) is 9.97 Å². The topological polar surface area (TPSA) is 44.2 Å². The zero-order valence-electron chi connectivity index (χ0n) is 21.6. The Morgan fingerprint density at radius 3 is 2.18 bits per heavy atom. The summed E-state index contributed by atoms with van der Waals surface area (Å²) in [7, 11) is 0. The van der Waals surface area contributed by atoms with E-state index in [0.29, 0.717) is 17.3 Å². The minimum atomic E-state index is -0.106. The second-order valence-corrected chi connectivity index (χ2v) is 10.7. The third-order valence-corrected chi connectivity index (χ3v) is 8.01. The zero-order valence-corrected chi connectivity index (χ0v) is 21.6. The minimum Gasteiger partial charge on any atom is -0.449 e. The summed E-state index contributed by atoms with van der Waals surface area (Å²) in [4.78, 5) is 9.57. The van der Waals surface area contributed by atoms with Crippen LogP contribution < -0.4 is 9.47 Å². The second-order valence-electron chi connectivity index (χ2n) is 10.7. The molecule has 4 nitrogen and oxygen atoms in total. The molecule has 0 atom stereocenters. The smallest absolute Gasteiger partial charge is 0.177 e. The molecule has 2 aliphatic rings. The lowest BCUT2D eigenvalue weighted by atomic mass is 9.82. The highest BCUT2D eigenvalue weighted by Gasteiger charge is 2.37. The Morgan fingerprint density at radius 2 is 1.28 bits per heavy atom. The average molecular weight is 505 g/mol. The summed E-state index contributed by atoms with van der Waals surface area (Å²) >= 11 is 0. The molecule has 0 spiro atoms. The van der Waals surface area contributed by atoms with E-state index >= 15 is 0 Å². The lowest BCUT2D eigenvalue weighted by Gasteiger charge is -2.26. The fourth-order valence-electron chi connectivity index (χ4n) is 6.02. The van der Waals surface area contributed by atoms with Crippen molar-refractivity contribution in [2.24, 2.45) is 0 Å². The Balaban J connectivity index is 1.26. The number of nitrogens with zero attached hydrogens (tertiary/aromatic N) is 2. The number of benzene rings is 5. The highest BCUT2D eigenvalue weighted by Crippen LogP contribution is 2.56. The molecule has 5 aromatic carbocycles. The van der Waals surface area contributed by atoms with E-state index in [-0.39, 0.29) is 5.41 Å². The fourth-order valence-corrected chi connectivity index (χ4v) is 6.02. The van der Waals surface area contributed by atoms with Gasteiger partial charge in [-0.3, -0.25) is 0 Å². The van der Waals surface area contributed by atoms with Crippen molar-refractivity contribution >= 4 is 10.9 Å². The predicted octanol–water partition coefficient (Wildman–Crippen LogP) is 9.17. The summed E-state index contributed by atoms with van der Waals surface area (Å²) in [6, 6.07) is 35.2. The third kappa shape index (κ3) is 3.25. The number of para-hydroxylation sites is 2. The standard InChI is InChI=1S/C35H24N2O2/c1-35(2)27-15-7-6-12-23(27)26-18-31-32(19-28(26)35)38-30-17-9-14-24(33(30)39-31)22-11-4-5-13-25(22)34-36-20-21-10-3-8-16-29(21)37-34/h3-20H,1-2H3. The van der Waals surface area contributed by atoms with Crippen molar-refractivity contribution in [3.8, 4) is 56.6 Å². The van der Waals surface area contributed by atoms with Gasteiger partial charge < -0.3 is 9.47 Å². The van der Waals surface area contributed by atoms with Crippen LogP contribution in [0.3, 0.4) is 0 Å². The molecular formula is C35H24N2O2. The molecule has 1 aliphatic heterocycles. The molecule has 2 heterocycles. The summed E-state index contributed by atoms with van der Waals surface area (Å²) < 4.78 is 13.2.